The maximum Gasteiger partial charge on any atom is 0.252 e. The van der Waals surface area contributed by atoms with Crippen molar-refractivity contribution in [3.05, 3.63) is 56.0 Å². The molecule has 0 aliphatic heterocycles. The van der Waals surface area contributed by atoms with Gasteiger partial charge in [0.05, 0.1) is 15.1 Å². The van der Waals surface area contributed by atoms with Gasteiger partial charge in [0.2, 0.25) is 0 Å². The Bertz CT molecular complexity index is 643. The van der Waals surface area contributed by atoms with Crippen LogP contribution in [0.1, 0.15) is 10.4 Å². The molecular formula is C13H5Cl5O. The first-order chi connectivity index (χ1) is 8.90. The minimum atomic E-state index is -0.569. The zero-order valence-electron chi connectivity index (χ0n) is 9.18. The highest BCUT2D eigenvalue weighted by atomic mass is 35.5. The summed E-state index contributed by atoms with van der Waals surface area (Å²) in [5.41, 5.74) is 1.71. The number of carbonyl (C=O) groups excluding carboxylic acids is 1. The number of benzene rings is 2. The molecule has 1 nitrogen and oxygen atoms in total. The second-order valence-electron chi connectivity index (χ2n) is 3.72. The summed E-state index contributed by atoms with van der Waals surface area (Å²) in [6.45, 7) is 0. The topological polar surface area (TPSA) is 17.1 Å². The van der Waals surface area contributed by atoms with Gasteiger partial charge in [0.1, 0.15) is 0 Å². The van der Waals surface area contributed by atoms with Crippen LogP contribution >= 0.6 is 58.0 Å². The monoisotopic (exact) mass is 352 g/mol. The van der Waals surface area contributed by atoms with E-state index in [1.54, 1.807) is 24.3 Å². The Balaban J connectivity index is 2.56. The van der Waals surface area contributed by atoms with E-state index in [0.29, 0.717) is 31.8 Å². The second kappa shape index (κ2) is 5.90. The molecule has 0 aliphatic carbocycles. The van der Waals surface area contributed by atoms with E-state index < -0.39 is 5.24 Å². The zero-order valence-corrected chi connectivity index (χ0v) is 13.0. The van der Waals surface area contributed by atoms with Crippen LogP contribution < -0.4 is 0 Å². The molecule has 2 rings (SSSR count). The van der Waals surface area contributed by atoms with E-state index in [9.17, 15) is 4.79 Å². The number of rotatable bonds is 2. The molecule has 0 unspecified atom stereocenters. The number of hydrogen-bond acceptors (Lipinski definition) is 1. The molecule has 0 heterocycles. The van der Waals surface area contributed by atoms with Crippen molar-refractivity contribution in [2.45, 2.75) is 0 Å². The lowest BCUT2D eigenvalue weighted by molar-refractivity contribution is 0.108. The molecule has 0 spiro atoms. The van der Waals surface area contributed by atoms with Crippen LogP contribution in [0.15, 0.2) is 30.3 Å². The largest absolute Gasteiger partial charge is 0.276 e. The van der Waals surface area contributed by atoms with Crippen LogP contribution in [0.2, 0.25) is 20.1 Å². The molecule has 0 atom stereocenters. The minimum Gasteiger partial charge on any atom is -0.276 e. The van der Waals surface area contributed by atoms with E-state index in [1.165, 1.54) is 6.07 Å². The van der Waals surface area contributed by atoms with E-state index in [4.69, 9.17) is 58.0 Å². The lowest BCUT2D eigenvalue weighted by Crippen LogP contribution is -1.90. The number of carbonyl (C=O) groups is 1. The third kappa shape index (κ3) is 3.18. The first kappa shape index (κ1) is 15.0. The van der Waals surface area contributed by atoms with E-state index >= 15 is 0 Å². The van der Waals surface area contributed by atoms with Crippen LogP contribution in [0.5, 0.6) is 0 Å². The normalized spacial score (nSPS) is 10.6. The number of halogens is 5. The molecule has 0 saturated heterocycles. The highest BCUT2D eigenvalue weighted by Gasteiger charge is 2.11. The molecule has 0 fully saturated rings. The van der Waals surface area contributed by atoms with E-state index in [1.807, 2.05) is 0 Å². The molecule has 0 aromatic heterocycles. The Hall–Kier alpha value is -0.440. The smallest absolute Gasteiger partial charge is 0.252 e. The second-order valence-corrected chi connectivity index (χ2v) is 5.67. The predicted octanol–water partition coefficient (Wildman–Crippen LogP) is 6.35. The summed E-state index contributed by atoms with van der Waals surface area (Å²) >= 11 is 29.3. The molecular weight excluding hydrogens is 349 g/mol. The molecule has 2 aromatic carbocycles. The highest BCUT2D eigenvalue weighted by molar-refractivity contribution is 6.67. The lowest BCUT2D eigenvalue weighted by Gasteiger charge is -2.08. The van der Waals surface area contributed by atoms with Crippen molar-refractivity contribution in [1.82, 2.24) is 0 Å². The molecule has 0 amide bonds. The standard InChI is InChI=1S/C13H5Cl5O/c14-9-3-6(13(18)19)1-2-8(9)7-4-10(15)12(17)11(16)5-7/h1-5H. The summed E-state index contributed by atoms with van der Waals surface area (Å²) in [6, 6.07) is 8.04. The van der Waals surface area contributed by atoms with Gasteiger partial charge in [-0.1, -0.05) is 52.5 Å². The highest BCUT2D eigenvalue weighted by Crippen LogP contribution is 2.37. The Labute approximate surface area is 135 Å². The van der Waals surface area contributed by atoms with Crippen molar-refractivity contribution in [2.75, 3.05) is 0 Å². The van der Waals surface area contributed by atoms with Crippen LogP contribution in [0.4, 0.5) is 0 Å². The Morgan fingerprint density at radius 1 is 0.842 bits per heavy atom. The van der Waals surface area contributed by atoms with Gasteiger partial charge in [0.15, 0.2) is 0 Å². The summed E-state index contributed by atoms with van der Waals surface area (Å²) in [6.07, 6.45) is 0. The van der Waals surface area contributed by atoms with Crippen LogP contribution in [-0.4, -0.2) is 5.24 Å². The molecule has 0 aliphatic rings. The van der Waals surface area contributed by atoms with E-state index in [0.717, 1.165) is 0 Å². The SMILES string of the molecule is O=C(Cl)c1ccc(-c2cc(Cl)c(Cl)c(Cl)c2)c(Cl)c1. The molecule has 0 saturated carbocycles. The third-order valence-corrected chi connectivity index (χ3v) is 4.22. The molecule has 19 heavy (non-hydrogen) atoms. The van der Waals surface area contributed by atoms with Crippen LogP contribution in [0.25, 0.3) is 11.1 Å². The maximum atomic E-state index is 11.0. The Kier molecular flexibility index (Phi) is 4.65. The molecule has 2 aromatic rings. The van der Waals surface area contributed by atoms with Gasteiger partial charge in [0.25, 0.3) is 5.24 Å². The van der Waals surface area contributed by atoms with Crippen molar-refractivity contribution in [1.29, 1.82) is 0 Å². The first-order valence-corrected chi connectivity index (χ1v) is 6.93. The number of hydrogen-bond donors (Lipinski definition) is 0. The molecule has 0 radical (unpaired) electrons. The van der Waals surface area contributed by atoms with Gasteiger partial charge in [-0.25, -0.2) is 0 Å². The quantitative estimate of drug-likeness (QED) is 0.454. The van der Waals surface area contributed by atoms with Gasteiger partial charge >= 0.3 is 0 Å². The lowest BCUT2D eigenvalue weighted by atomic mass is 10.0. The van der Waals surface area contributed by atoms with Crippen LogP contribution in [-0.2, 0) is 0 Å². The maximum absolute atomic E-state index is 11.0. The van der Waals surface area contributed by atoms with Crippen molar-refractivity contribution in [2.24, 2.45) is 0 Å². The average molecular weight is 354 g/mol. The summed E-state index contributed by atoms with van der Waals surface area (Å²) in [7, 11) is 0. The fourth-order valence-corrected chi connectivity index (χ4v) is 2.59. The van der Waals surface area contributed by atoms with Gasteiger partial charge in [-0.05, 0) is 41.4 Å². The van der Waals surface area contributed by atoms with Gasteiger partial charge in [-0.3, -0.25) is 4.79 Å². The summed E-state index contributed by atoms with van der Waals surface area (Å²) in [5, 5.41) is 0.757. The van der Waals surface area contributed by atoms with Gasteiger partial charge < -0.3 is 0 Å². The summed E-state index contributed by atoms with van der Waals surface area (Å²) in [5.74, 6) is 0. The minimum absolute atomic E-state index is 0.288. The van der Waals surface area contributed by atoms with Gasteiger partial charge in [-0.15, -0.1) is 0 Å². The fourth-order valence-electron chi connectivity index (χ4n) is 1.58. The van der Waals surface area contributed by atoms with Crippen molar-refractivity contribution in [3.8, 4) is 11.1 Å². The van der Waals surface area contributed by atoms with E-state index in [2.05, 4.69) is 0 Å². The van der Waals surface area contributed by atoms with Gasteiger partial charge in [-0.2, -0.15) is 0 Å². The summed E-state index contributed by atoms with van der Waals surface area (Å²) in [4.78, 5) is 11.0. The van der Waals surface area contributed by atoms with Crippen molar-refractivity contribution >= 4 is 63.2 Å². The van der Waals surface area contributed by atoms with Crippen molar-refractivity contribution < 1.29 is 4.79 Å². The van der Waals surface area contributed by atoms with Crippen molar-refractivity contribution in [3.63, 3.8) is 0 Å². The van der Waals surface area contributed by atoms with E-state index in [-0.39, 0.29) is 5.02 Å². The third-order valence-electron chi connectivity index (χ3n) is 2.49. The molecule has 98 valence electrons. The molecule has 0 N–H and O–H groups in total. The fraction of sp³-hybridized carbons (Fsp3) is 0. The Morgan fingerprint density at radius 2 is 1.42 bits per heavy atom. The zero-order chi connectivity index (χ0) is 14.2. The van der Waals surface area contributed by atoms with Crippen LogP contribution in [0.3, 0.4) is 0 Å². The Morgan fingerprint density at radius 3 is 1.89 bits per heavy atom. The predicted molar refractivity (Wildman–Crippen MR) is 82.1 cm³/mol. The first-order valence-electron chi connectivity index (χ1n) is 5.04. The molecule has 6 heteroatoms. The van der Waals surface area contributed by atoms with Crippen LogP contribution in [0, 0.1) is 0 Å². The summed E-state index contributed by atoms with van der Waals surface area (Å²) < 4.78 is 0. The van der Waals surface area contributed by atoms with Gasteiger partial charge in [0, 0.05) is 16.1 Å². The average Bonchev–Trinajstić information content (AvgIpc) is 2.35. The molecule has 0 bridgehead atoms.